The van der Waals surface area contributed by atoms with Gasteiger partial charge in [0.2, 0.25) is 0 Å². The van der Waals surface area contributed by atoms with E-state index in [1.54, 1.807) is 13.1 Å². The average Bonchev–Trinajstić information content (AvgIpc) is 2.96. The fraction of sp³-hybridized carbons (Fsp3) is 0.263. The topological polar surface area (TPSA) is 66.4 Å². The van der Waals surface area contributed by atoms with Crippen molar-refractivity contribution in [3.05, 3.63) is 58.5 Å². The smallest absolute Gasteiger partial charge is 0.338 e. The molecule has 0 radical (unpaired) electrons. The fourth-order valence-corrected chi connectivity index (χ4v) is 3.04. The zero-order chi connectivity index (χ0) is 17.9. The van der Waals surface area contributed by atoms with Crippen LogP contribution < -0.4 is 5.32 Å². The molecule has 0 saturated carbocycles. The van der Waals surface area contributed by atoms with Crippen LogP contribution in [0.15, 0.2) is 41.8 Å². The van der Waals surface area contributed by atoms with Gasteiger partial charge in [0.25, 0.3) is 0 Å². The molecule has 0 fully saturated rings. The molecule has 1 aromatic heterocycles. The summed E-state index contributed by atoms with van der Waals surface area (Å²) < 4.78 is 0. The molecule has 0 spiro atoms. The molecule has 0 atom stereocenters. The molecule has 128 valence electrons. The van der Waals surface area contributed by atoms with Crippen LogP contribution in [-0.2, 0) is 11.2 Å². The second-order valence-electron chi connectivity index (χ2n) is 5.52. The molecule has 2 rings (SSSR count). The second-order valence-corrected chi connectivity index (χ2v) is 6.40. The van der Waals surface area contributed by atoms with Crippen molar-refractivity contribution < 1.29 is 14.7 Å². The summed E-state index contributed by atoms with van der Waals surface area (Å²) in [5.74, 6) is -0.362. The third-order valence-corrected chi connectivity index (χ3v) is 4.15. The number of carboxylic acids is 1. The van der Waals surface area contributed by atoms with Crippen LogP contribution in [0.3, 0.4) is 0 Å². The van der Waals surface area contributed by atoms with Crippen LogP contribution in [0.25, 0.3) is 6.08 Å². The molecule has 0 bridgehead atoms. The van der Waals surface area contributed by atoms with E-state index < -0.39 is 5.97 Å². The van der Waals surface area contributed by atoms with Gasteiger partial charge in [-0.1, -0.05) is 50.3 Å². The normalized spacial score (nSPS) is 10.3. The number of anilines is 1. The first-order valence-electron chi connectivity index (χ1n) is 7.67. The molecule has 4 nitrogen and oxygen atoms in total. The summed E-state index contributed by atoms with van der Waals surface area (Å²) >= 11 is 1.45. The first kappa shape index (κ1) is 19.6. The number of aldehydes is 1. The van der Waals surface area contributed by atoms with Crippen LogP contribution in [-0.4, -0.2) is 24.4 Å². The molecule has 1 heterocycles. The molecular formula is C19H23NO3S. The molecule has 24 heavy (non-hydrogen) atoms. The summed E-state index contributed by atoms with van der Waals surface area (Å²) in [6, 6.07) is 9.70. The van der Waals surface area contributed by atoms with Crippen molar-refractivity contribution in [2.24, 2.45) is 5.92 Å². The molecule has 0 unspecified atom stereocenters. The second kappa shape index (κ2) is 10.4. The van der Waals surface area contributed by atoms with Crippen molar-refractivity contribution in [3.63, 3.8) is 0 Å². The molecule has 0 amide bonds. The van der Waals surface area contributed by atoms with Gasteiger partial charge in [-0.05, 0) is 34.9 Å². The predicted molar refractivity (Wildman–Crippen MR) is 101 cm³/mol. The lowest BCUT2D eigenvalue weighted by Gasteiger charge is -2.05. The molecular weight excluding hydrogens is 322 g/mol. The van der Waals surface area contributed by atoms with Crippen LogP contribution in [0.1, 0.15) is 35.3 Å². The summed E-state index contributed by atoms with van der Waals surface area (Å²) in [5, 5.41) is 14.6. The van der Waals surface area contributed by atoms with E-state index in [1.165, 1.54) is 17.4 Å². The van der Waals surface area contributed by atoms with Crippen molar-refractivity contribution in [3.8, 4) is 0 Å². The van der Waals surface area contributed by atoms with Gasteiger partial charge in [-0.15, -0.1) is 11.3 Å². The van der Waals surface area contributed by atoms with Crippen molar-refractivity contribution in [1.82, 2.24) is 0 Å². The fourth-order valence-electron chi connectivity index (χ4n) is 2.12. The lowest BCUT2D eigenvalue weighted by molar-refractivity contribution is -0.104. The number of aromatic carboxylic acids is 1. The number of carbonyl (C=O) groups is 2. The zero-order valence-corrected chi connectivity index (χ0v) is 15.0. The third-order valence-electron chi connectivity index (χ3n) is 3.10. The van der Waals surface area contributed by atoms with Gasteiger partial charge in [0.1, 0.15) is 11.3 Å². The summed E-state index contributed by atoms with van der Waals surface area (Å²) in [4.78, 5) is 20.9. The van der Waals surface area contributed by atoms with E-state index in [-0.39, 0.29) is 0 Å². The number of carboxylic acid groups (broad SMARTS) is 1. The van der Waals surface area contributed by atoms with Crippen molar-refractivity contribution in [1.29, 1.82) is 0 Å². The number of nitrogens with one attached hydrogen (secondary N) is 1. The van der Waals surface area contributed by atoms with Crippen LogP contribution in [0.4, 0.5) is 5.00 Å². The van der Waals surface area contributed by atoms with Gasteiger partial charge in [0, 0.05) is 7.05 Å². The van der Waals surface area contributed by atoms with E-state index in [2.05, 4.69) is 19.2 Å². The molecule has 5 heteroatoms. The summed E-state index contributed by atoms with van der Waals surface area (Å²) in [6.45, 7) is 4.17. The first-order chi connectivity index (χ1) is 11.5. The Kier molecular flexibility index (Phi) is 8.50. The summed E-state index contributed by atoms with van der Waals surface area (Å²) in [6.07, 6.45) is 4.84. The molecule has 0 aliphatic rings. The van der Waals surface area contributed by atoms with Crippen molar-refractivity contribution in [2.75, 3.05) is 12.4 Å². The van der Waals surface area contributed by atoms with Crippen LogP contribution in [0.5, 0.6) is 0 Å². The lowest BCUT2D eigenvalue weighted by atomic mass is 10.0. The maximum absolute atomic E-state index is 11.0. The Morgan fingerprint density at radius 2 is 1.96 bits per heavy atom. The zero-order valence-electron chi connectivity index (χ0n) is 14.2. The number of hydrogen-bond acceptors (Lipinski definition) is 4. The number of hydrogen-bond donors (Lipinski definition) is 2. The minimum absolute atomic E-state index is 0.436. The Labute approximate surface area is 146 Å². The van der Waals surface area contributed by atoms with E-state index in [9.17, 15) is 9.59 Å². The van der Waals surface area contributed by atoms with E-state index in [0.717, 1.165) is 28.8 Å². The van der Waals surface area contributed by atoms with Gasteiger partial charge in [-0.2, -0.15) is 0 Å². The van der Waals surface area contributed by atoms with E-state index in [1.807, 2.05) is 35.7 Å². The number of carbonyl (C=O) groups excluding carboxylic acids is 1. The van der Waals surface area contributed by atoms with Gasteiger partial charge in [0.05, 0.1) is 5.56 Å². The SMILES string of the molecule is CNc1scc(CC(C)C)c1C(=O)O.O=C/C=C/c1ccccc1. The number of thiophene rings is 1. The molecule has 0 aliphatic heterocycles. The highest BCUT2D eigenvalue weighted by Crippen LogP contribution is 2.29. The Morgan fingerprint density at radius 3 is 2.46 bits per heavy atom. The molecule has 2 aromatic rings. The van der Waals surface area contributed by atoms with Crippen molar-refractivity contribution in [2.45, 2.75) is 20.3 Å². The molecule has 0 saturated heterocycles. The lowest BCUT2D eigenvalue weighted by Crippen LogP contribution is -2.04. The van der Waals surface area contributed by atoms with E-state index in [4.69, 9.17) is 5.11 Å². The van der Waals surface area contributed by atoms with Crippen LogP contribution in [0.2, 0.25) is 0 Å². The predicted octanol–water partition coefficient (Wildman–Crippen LogP) is 4.59. The van der Waals surface area contributed by atoms with Crippen molar-refractivity contribution >= 4 is 34.7 Å². The standard InChI is InChI=1S/C10H15NO2S.C9H8O/c1-6(2)4-7-5-14-9(11-3)8(7)10(12)13;10-8-4-7-9-5-2-1-3-6-9/h5-6,11H,4H2,1-3H3,(H,12,13);1-8H/b;7-4+. The Bertz CT molecular complexity index is 675. The molecule has 1 aromatic carbocycles. The Morgan fingerprint density at radius 1 is 1.29 bits per heavy atom. The van der Waals surface area contributed by atoms with Gasteiger partial charge in [0.15, 0.2) is 0 Å². The highest BCUT2D eigenvalue weighted by atomic mass is 32.1. The van der Waals surface area contributed by atoms with Gasteiger partial charge in [-0.3, -0.25) is 4.79 Å². The van der Waals surface area contributed by atoms with Gasteiger partial charge in [-0.25, -0.2) is 4.79 Å². The molecule has 2 N–H and O–H groups in total. The number of benzene rings is 1. The van der Waals surface area contributed by atoms with E-state index in [0.29, 0.717) is 11.5 Å². The minimum atomic E-state index is -0.841. The highest BCUT2D eigenvalue weighted by molar-refractivity contribution is 7.14. The van der Waals surface area contributed by atoms with Gasteiger partial charge < -0.3 is 10.4 Å². The van der Waals surface area contributed by atoms with E-state index >= 15 is 0 Å². The monoisotopic (exact) mass is 345 g/mol. The number of rotatable bonds is 6. The highest BCUT2D eigenvalue weighted by Gasteiger charge is 2.17. The largest absolute Gasteiger partial charge is 0.478 e. The Balaban J connectivity index is 0.000000254. The minimum Gasteiger partial charge on any atom is -0.478 e. The first-order valence-corrected chi connectivity index (χ1v) is 8.55. The average molecular weight is 345 g/mol. The van der Waals surface area contributed by atoms with Crippen LogP contribution >= 0.6 is 11.3 Å². The van der Waals surface area contributed by atoms with Gasteiger partial charge >= 0.3 is 5.97 Å². The Hall–Kier alpha value is -2.40. The third kappa shape index (κ3) is 6.38. The van der Waals surface area contributed by atoms with Crippen LogP contribution in [0, 0.1) is 5.92 Å². The molecule has 0 aliphatic carbocycles. The number of allylic oxidation sites excluding steroid dienone is 1. The summed E-state index contributed by atoms with van der Waals surface area (Å²) in [5.41, 5.74) is 2.42. The summed E-state index contributed by atoms with van der Waals surface area (Å²) in [7, 11) is 1.75. The maximum Gasteiger partial charge on any atom is 0.338 e. The maximum atomic E-state index is 11.0. The quantitative estimate of drug-likeness (QED) is 0.594.